The molecule has 24 heavy (non-hydrogen) atoms. The molecule has 0 atom stereocenters. The van der Waals surface area contributed by atoms with Crippen LogP contribution in [0.15, 0.2) is 35.5 Å². The third-order valence-electron chi connectivity index (χ3n) is 3.89. The van der Waals surface area contributed by atoms with Crippen molar-refractivity contribution in [1.29, 1.82) is 0 Å². The Bertz CT molecular complexity index is 884. The second-order valence-corrected chi connectivity index (χ2v) is 7.09. The molecule has 0 aliphatic carbocycles. The maximum Gasteiger partial charge on any atom is 0.256 e. The molecule has 2 aromatic heterocycles. The summed E-state index contributed by atoms with van der Waals surface area (Å²) in [7, 11) is 0. The summed E-state index contributed by atoms with van der Waals surface area (Å²) in [4.78, 5) is 16.8. The van der Waals surface area contributed by atoms with Crippen LogP contribution in [0, 0.1) is 13.8 Å². The van der Waals surface area contributed by atoms with E-state index in [-0.39, 0.29) is 5.78 Å². The second-order valence-electron chi connectivity index (χ2n) is 6.15. The molecule has 0 saturated heterocycles. The average molecular weight is 340 g/mol. The molecule has 0 spiro atoms. The van der Waals surface area contributed by atoms with Gasteiger partial charge in [0.1, 0.15) is 0 Å². The maximum absolute atomic E-state index is 12.4. The van der Waals surface area contributed by atoms with Crippen LogP contribution in [0.3, 0.4) is 0 Å². The van der Waals surface area contributed by atoms with Crippen LogP contribution in [0.25, 0.3) is 5.78 Å². The van der Waals surface area contributed by atoms with Crippen molar-refractivity contribution in [2.24, 2.45) is 0 Å². The van der Waals surface area contributed by atoms with Crippen LogP contribution in [-0.4, -0.2) is 31.1 Å². The van der Waals surface area contributed by atoms with Gasteiger partial charge in [-0.05, 0) is 31.4 Å². The third-order valence-corrected chi connectivity index (χ3v) is 4.82. The van der Waals surface area contributed by atoms with Crippen LogP contribution in [-0.2, 0) is 0 Å². The fraction of sp³-hybridized carbons (Fsp3) is 0.333. The zero-order chi connectivity index (χ0) is 17.3. The fourth-order valence-electron chi connectivity index (χ4n) is 2.56. The molecular weight excluding hydrogens is 320 g/mol. The number of aromatic nitrogens is 4. The highest BCUT2D eigenvalue weighted by Crippen LogP contribution is 2.21. The molecule has 1 aromatic carbocycles. The third kappa shape index (κ3) is 3.33. The molecule has 0 amide bonds. The molecule has 0 aliphatic heterocycles. The van der Waals surface area contributed by atoms with Gasteiger partial charge >= 0.3 is 0 Å². The van der Waals surface area contributed by atoms with Gasteiger partial charge in [-0.3, -0.25) is 9.20 Å². The van der Waals surface area contributed by atoms with E-state index >= 15 is 0 Å². The Morgan fingerprint density at radius 2 is 1.88 bits per heavy atom. The second kappa shape index (κ2) is 6.73. The minimum Gasteiger partial charge on any atom is -0.293 e. The number of hydrogen-bond donors (Lipinski definition) is 0. The number of aryl methyl sites for hydroxylation is 2. The van der Waals surface area contributed by atoms with E-state index in [9.17, 15) is 4.79 Å². The van der Waals surface area contributed by atoms with Gasteiger partial charge in [0.15, 0.2) is 10.9 Å². The van der Waals surface area contributed by atoms with E-state index in [1.165, 1.54) is 17.3 Å². The molecule has 0 fully saturated rings. The molecular formula is C18H20N4OS. The summed E-state index contributed by atoms with van der Waals surface area (Å²) in [6.07, 6.45) is 0. The molecule has 6 heteroatoms. The van der Waals surface area contributed by atoms with Gasteiger partial charge in [-0.1, -0.05) is 49.9 Å². The molecule has 0 radical (unpaired) electrons. The number of rotatable bonds is 5. The number of benzene rings is 1. The van der Waals surface area contributed by atoms with E-state index in [4.69, 9.17) is 0 Å². The Balaban J connectivity index is 1.75. The molecule has 3 rings (SSSR count). The lowest BCUT2D eigenvalue weighted by atomic mass is 10.0. The first-order valence-electron chi connectivity index (χ1n) is 7.91. The normalized spacial score (nSPS) is 11.4. The highest BCUT2D eigenvalue weighted by atomic mass is 32.2. The monoisotopic (exact) mass is 340 g/mol. The number of nitrogens with zero attached hydrogens (tertiary/aromatic N) is 4. The van der Waals surface area contributed by atoms with Crippen molar-refractivity contribution in [1.82, 2.24) is 19.6 Å². The number of carbonyl (C=O) groups excluding carboxylic acids is 1. The molecule has 3 aromatic rings. The molecule has 124 valence electrons. The highest BCUT2D eigenvalue weighted by molar-refractivity contribution is 7.99. The SMILES string of the molecule is Cc1cc(C)n2c(SCC(=O)c3ccc(C(C)C)cc3)nnc2n1. The standard InChI is InChI=1S/C18H20N4OS/c1-11(2)14-5-7-15(8-6-14)16(23)10-24-18-21-20-17-19-12(3)9-13(4)22(17)18/h5-9,11H,10H2,1-4H3. The van der Waals surface area contributed by atoms with Crippen LogP contribution in [0.1, 0.15) is 47.1 Å². The molecule has 0 unspecified atom stereocenters. The van der Waals surface area contributed by atoms with Gasteiger partial charge in [-0.25, -0.2) is 4.98 Å². The minimum absolute atomic E-state index is 0.0878. The lowest BCUT2D eigenvalue weighted by Crippen LogP contribution is -2.04. The van der Waals surface area contributed by atoms with Gasteiger partial charge in [0, 0.05) is 17.0 Å². The smallest absolute Gasteiger partial charge is 0.256 e. The Morgan fingerprint density at radius 3 is 2.54 bits per heavy atom. The average Bonchev–Trinajstić information content (AvgIpc) is 2.95. The topological polar surface area (TPSA) is 60.2 Å². The van der Waals surface area contributed by atoms with Crippen LogP contribution in [0.5, 0.6) is 0 Å². The van der Waals surface area contributed by atoms with Crippen molar-refractivity contribution in [2.45, 2.75) is 38.8 Å². The highest BCUT2D eigenvalue weighted by Gasteiger charge is 2.13. The van der Waals surface area contributed by atoms with Crippen molar-refractivity contribution >= 4 is 23.3 Å². The van der Waals surface area contributed by atoms with Crippen molar-refractivity contribution < 1.29 is 4.79 Å². The van der Waals surface area contributed by atoms with Gasteiger partial charge in [-0.2, -0.15) is 0 Å². The molecule has 0 bridgehead atoms. The number of fused-ring (bicyclic) bond motifs is 1. The summed E-state index contributed by atoms with van der Waals surface area (Å²) in [5.41, 5.74) is 3.88. The number of ketones is 1. The van der Waals surface area contributed by atoms with Crippen LogP contribution in [0.2, 0.25) is 0 Å². The summed E-state index contributed by atoms with van der Waals surface area (Å²) in [5.74, 6) is 1.45. The number of hydrogen-bond acceptors (Lipinski definition) is 5. The molecule has 0 N–H and O–H groups in total. The fourth-order valence-corrected chi connectivity index (χ4v) is 3.44. The largest absolute Gasteiger partial charge is 0.293 e. The van der Waals surface area contributed by atoms with Crippen LogP contribution in [0.4, 0.5) is 0 Å². The van der Waals surface area contributed by atoms with Gasteiger partial charge in [0.05, 0.1) is 5.75 Å². The van der Waals surface area contributed by atoms with Crippen molar-refractivity contribution in [2.75, 3.05) is 5.75 Å². The molecule has 5 nitrogen and oxygen atoms in total. The van der Waals surface area contributed by atoms with Gasteiger partial charge in [-0.15, -0.1) is 10.2 Å². The van der Waals surface area contributed by atoms with E-state index in [0.717, 1.165) is 17.0 Å². The zero-order valence-electron chi connectivity index (χ0n) is 14.3. The first-order chi connectivity index (χ1) is 11.5. The number of thioether (sulfide) groups is 1. The lowest BCUT2D eigenvalue weighted by Gasteiger charge is -2.06. The number of carbonyl (C=O) groups is 1. The summed E-state index contributed by atoms with van der Waals surface area (Å²) in [6.45, 7) is 8.20. The van der Waals surface area contributed by atoms with E-state index in [1.807, 2.05) is 48.6 Å². The van der Waals surface area contributed by atoms with Gasteiger partial charge < -0.3 is 0 Å². The van der Waals surface area contributed by atoms with E-state index in [2.05, 4.69) is 29.0 Å². The van der Waals surface area contributed by atoms with Crippen molar-refractivity contribution in [3.05, 3.63) is 52.8 Å². The van der Waals surface area contributed by atoms with Crippen molar-refractivity contribution in [3.8, 4) is 0 Å². The van der Waals surface area contributed by atoms with Crippen LogP contribution >= 0.6 is 11.8 Å². The van der Waals surface area contributed by atoms with Crippen LogP contribution < -0.4 is 0 Å². The summed E-state index contributed by atoms with van der Waals surface area (Å²) in [6, 6.07) is 9.82. The predicted octanol–water partition coefficient (Wildman–Crippen LogP) is 3.84. The lowest BCUT2D eigenvalue weighted by molar-refractivity contribution is 0.102. The minimum atomic E-state index is 0.0878. The summed E-state index contributed by atoms with van der Waals surface area (Å²) >= 11 is 1.39. The Hall–Kier alpha value is -2.21. The number of Topliss-reactive ketones (excluding diaryl/α,β-unsaturated/α-hetero) is 1. The summed E-state index contributed by atoms with van der Waals surface area (Å²) in [5, 5.41) is 8.95. The Kier molecular flexibility index (Phi) is 4.66. The first kappa shape index (κ1) is 16.6. The van der Waals surface area contributed by atoms with Gasteiger partial charge in [0.2, 0.25) is 0 Å². The van der Waals surface area contributed by atoms with E-state index < -0.39 is 0 Å². The quantitative estimate of drug-likeness (QED) is 0.522. The zero-order valence-corrected chi connectivity index (χ0v) is 15.1. The molecule has 2 heterocycles. The predicted molar refractivity (Wildman–Crippen MR) is 95.8 cm³/mol. The molecule has 0 saturated carbocycles. The summed E-state index contributed by atoms with van der Waals surface area (Å²) < 4.78 is 1.88. The Morgan fingerprint density at radius 1 is 1.17 bits per heavy atom. The first-order valence-corrected chi connectivity index (χ1v) is 8.89. The Labute approximate surface area is 145 Å². The van der Waals surface area contributed by atoms with E-state index in [1.54, 1.807) is 0 Å². The van der Waals surface area contributed by atoms with Crippen molar-refractivity contribution in [3.63, 3.8) is 0 Å². The van der Waals surface area contributed by atoms with E-state index in [0.29, 0.717) is 22.6 Å². The van der Waals surface area contributed by atoms with Gasteiger partial charge in [0.25, 0.3) is 5.78 Å². The maximum atomic E-state index is 12.4. The molecule has 0 aliphatic rings.